The molecule has 0 aliphatic heterocycles. The average Bonchev–Trinajstić information content (AvgIpc) is 2.35. The van der Waals surface area contributed by atoms with Crippen LogP contribution in [0.4, 0.5) is 0 Å². The molecule has 0 atom stereocenters. The van der Waals surface area contributed by atoms with Gasteiger partial charge in [-0.15, -0.1) is 0 Å². The molecule has 88 valence electrons. The van der Waals surface area contributed by atoms with Gasteiger partial charge in [0.2, 0.25) is 0 Å². The van der Waals surface area contributed by atoms with Gasteiger partial charge in [-0.2, -0.15) is 0 Å². The number of hydrogen-bond acceptors (Lipinski definition) is 3. The van der Waals surface area contributed by atoms with E-state index < -0.39 is 0 Å². The predicted octanol–water partition coefficient (Wildman–Crippen LogP) is 1.57. The van der Waals surface area contributed by atoms with Crippen molar-refractivity contribution in [2.45, 2.75) is 0 Å². The van der Waals surface area contributed by atoms with Crippen molar-refractivity contribution in [1.82, 2.24) is 9.88 Å². The summed E-state index contributed by atoms with van der Waals surface area (Å²) >= 11 is 3.33. The molecule has 1 heterocycles. The monoisotopic (exact) mass is 286 g/mol. The first kappa shape index (κ1) is 13.1. The highest BCUT2D eigenvalue weighted by atomic mass is 79.9. The highest BCUT2D eigenvalue weighted by Gasteiger charge is 2.15. The topological polar surface area (TPSA) is 42.4 Å². The zero-order valence-corrected chi connectivity index (χ0v) is 10.8. The average molecular weight is 287 g/mol. The lowest BCUT2D eigenvalue weighted by Crippen LogP contribution is -2.35. The molecule has 0 saturated heterocycles. The molecule has 16 heavy (non-hydrogen) atoms. The summed E-state index contributed by atoms with van der Waals surface area (Å²) in [5.74, 6) is -0.0582. The van der Waals surface area contributed by atoms with Crippen LogP contribution in [0.5, 0.6) is 0 Å². The number of pyridine rings is 1. The Morgan fingerprint density at radius 3 is 2.88 bits per heavy atom. The van der Waals surface area contributed by atoms with E-state index in [1.165, 1.54) is 0 Å². The van der Waals surface area contributed by atoms with Crippen LogP contribution in [-0.2, 0) is 4.74 Å². The van der Waals surface area contributed by atoms with E-state index in [0.717, 1.165) is 5.33 Å². The molecular weight excluding hydrogens is 272 g/mol. The van der Waals surface area contributed by atoms with Crippen molar-refractivity contribution >= 4 is 21.8 Å². The van der Waals surface area contributed by atoms with Crippen molar-refractivity contribution in [2.24, 2.45) is 0 Å². The van der Waals surface area contributed by atoms with Gasteiger partial charge in [0.15, 0.2) is 0 Å². The Morgan fingerprint density at radius 1 is 1.50 bits per heavy atom. The number of carbonyl (C=O) groups is 1. The summed E-state index contributed by atoms with van der Waals surface area (Å²) in [7, 11) is 1.62. The summed E-state index contributed by atoms with van der Waals surface area (Å²) in [6, 6.07) is 5.32. The number of carbonyl (C=O) groups excluding carboxylic acids is 1. The van der Waals surface area contributed by atoms with Gasteiger partial charge in [0, 0.05) is 31.7 Å². The molecular formula is C11H15BrN2O2. The SMILES string of the molecule is COCCN(CCBr)C(=O)c1ccccn1. The summed E-state index contributed by atoms with van der Waals surface area (Å²) in [6.45, 7) is 1.77. The first-order chi connectivity index (χ1) is 7.79. The molecule has 5 heteroatoms. The van der Waals surface area contributed by atoms with Gasteiger partial charge in [0.25, 0.3) is 5.91 Å². The molecule has 1 aromatic rings. The van der Waals surface area contributed by atoms with Crippen LogP contribution in [0.25, 0.3) is 0 Å². The summed E-state index contributed by atoms with van der Waals surface area (Å²) in [6.07, 6.45) is 1.62. The molecule has 0 fully saturated rings. The maximum atomic E-state index is 12.0. The maximum Gasteiger partial charge on any atom is 0.272 e. The molecule has 0 aromatic carbocycles. The van der Waals surface area contributed by atoms with E-state index in [0.29, 0.717) is 25.4 Å². The second-order valence-corrected chi connectivity index (χ2v) is 3.98. The van der Waals surface area contributed by atoms with Crippen molar-refractivity contribution in [1.29, 1.82) is 0 Å². The Hall–Kier alpha value is -0.940. The minimum atomic E-state index is -0.0582. The molecule has 1 aromatic heterocycles. The van der Waals surface area contributed by atoms with E-state index >= 15 is 0 Å². The first-order valence-corrected chi connectivity index (χ1v) is 6.17. The van der Waals surface area contributed by atoms with Gasteiger partial charge in [-0.25, -0.2) is 0 Å². The Balaban J connectivity index is 2.67. The lowest BCUT2D eigenvalue weighted by atomic mass is 10.3. The predicted molar refractivity (Wildman–Crippen MR) is 65.8 cm³/mol. The van der Waals surface area contributed by atoms with Crippen molar-refractivity contribution in [2.75, 3.05) is 32.1 Å². The largest absolute Gasteiger partial charge is 0.383 e. The highest BCUT2D eigenvalue weighted by molar-refractivity contribution is 9.09. The molecule has 4 nitrogen and oxygen atoms in total. The summed E-state index contributed by atoms with van der Waals surface area (Å²) < 4.78 is 4.98. The standard InChI is InChI=1S/C11H15BrN2O2/c1-16-9-8-14(7-5-12)11(15)10-4-2-3-6-13-10/h2-4,6H,5,7-9H2,1H3. The number of halogens is 1. The normalized spacial score (nSPS) is 10.1. The molecule has 1 rings (SSSR count). The highest BCUT2D eigenvalue weighted by Crippen LogP contribution is 2.02. The van der Waals surface area contributed by atoms with Gasteiger partial charge in [0.1, 0.15) is 5.69 Å². The van der Waals surface area contributed by atoms with Gasteiger partial charge in [-0.1, -0.05) is 22.0 Å². The molecule has 1 amide bonds. The number of methoxy groups -OCH3 is 1. The molecule has 0 N–H and O–H groups in total. The fourth-order valence-electron chi connectivity index (χ4n) is 1.27. The molecule has 0 unspecified atom stereocenters. The number of ether oxygens (including phenoxy) is 1. The number of rotatable bonds is 6. The van der Waals surface area contributed by atoms with Crippen molar-refractivity contribution in [3.05, 3.63) is 30.1 Å². The van der Waals surface area contributed by atoms with Crippen LogP contribution in [0.2, 0.25) is 0 Å². The zero-order chi connectivity index (χ0) is 11.8. The Labute approximate surface area is 104 Å². The van der Waals surface area contributed by atoms with Gasteiger partial charge in [0.05, 0.1) is 6.61 Å². The molecule has 0 aliphatic rings. The molecule has 0 saturated carbocycles. The number of alkyl halides is 1. The van der Waals surface area contributed by atoms with Crippen LogP contribution in [0.3, 0.4) is 0 Å². The van der Waals surface area contributed by atoms with Crippen molar-refractivity contribution in [3.8, 4) is 0 Å². The fraction of sp³-hybridized carbons (Fsp3) is 0.455. The summed E-state index contributed by atoms with van der Waals surface area (Å²) in [4.78, 5) is 17.8. The van der Waals surface area contributed by atoms with E-state index in [9.17, 15) is 4.79 Å². The van der Waals surface area contributed by atoms with E-state index in [2.05, 4.69) is 20.9 Å². The van der Waals surface area contributed by atoms with Gasteiger partial charge >= 0.3 is 0 Å². The number of nitrogens with zero attached hydrogens (tertiary/aromatic N) is 2. The van der Waals surface area contributed by atoms with Crippen LogP contribution in [0.15, 0.2) is 24.4 Å². The van der Waals surface area contributed by atoms with E-state index in [4.69, 9.17) is 4.74 Å². The van der Waals surface area contributed by atoms with Gasteiger partial charge in [-0.3, -0.25) is 9.78 Å². The third-order valence-corrected chi connectivity index (χ3v) is 2.45. The van der Waals surface area contributed by atoms with E-state index in [1.807, 2.05) is 6.07 Å². The van der Waals surface area contributed by atoms with Crippen LogP contribution < -0.4 is 0 Å². The lowest BCUT2D eigenvalue weighted by molar-refractivity contribution is 0.0703. The maximum absolute atomic E-state index is 12.0. The smallest absolute Gasteiger partial charge is 0.272 e. The third kappa shape index (κ3) is 3.90. The Bertz CT molecular complexity index is 319. The van der Waals surface area contributed by atoms with Gasteiger partial charge < -0.3 is 9.64 Å². The lowest BCUT2D eigenvalue weighted by Gasteiger charge is -2.20. The van der Waals surface area contributed by atoms with Crippen molar-refractivity contribution < 1.29 is 9.53 Å². The van der Waals surface area contributed by atoms with Gasteiger partial charge in [-0.05, 0) is 12.1 Å². The van der Waals surface area contributed by atoms with Crippen molar-refractivity contribution in [3.63, 3.8) is 0 Å². The van der Waals surface area contributed by atoms with Crippen LogP contribution in [-0.4, -0.2) is 47.9 Å². The van der Waals surface area contributed by atoms with Crippen LogP contribution in [0.1, 0.15) is 10.5 Å². The number of amides is 1. The van der Waals surface area contributed by atoms with E-state index in [1.54, 1.807) is 30.3 Å². The van der Waals surface area contributed by atoms with Crippen LogP contribution in [0, 0.1) is 0 Å². The molecule has 0 radical (unpaired) electrons. The minimum Gasteiger partial charge on any atom is -0.383 e. The zero-order valence-electron chi connectivity index (χ0n) is 9.23. The molecule has 0 spiro atoms. The summed E-state index contributed by atoms with van der Waals surface area (Å²) in [5, 5.41) is 0.745. The third-order valence-electron chi connectivity index (χ3n) is 2.09. The molecule has 0 bridgehead atoms. The van der Waals surface area contributed by atoms with Crippen LogP contribution >= 0.6 is 15.9 Å². The quantitative estimate of drug-likeness (QED) is 0.746. The number of aromatic nitrogens is 1. The molecule has 0 aliphatic carbocycles. The Morgan fingerprint density at radius 2 is 2.31 bits per heavy atom. The second kappa shape index (κ2) is 7.35. The van der Waals surface area contributed by atoms with E-state index in [-0.39, 0.29) is 5.91 Å². The number of hydrogen-bond donors (Lipinski definition) is 0. The Kier molecular flexibility index (Phi) is 6.03. The minimum absolute atomic E-state index is 0.0582. The summed E-state index contributed by atoms with van der Waals surface area (Å²) in [5.41, 5.74) is 0.472. The second-order valence-electron chi connectivity index (χ2n) is 3.19. The fourth-order valence-corrected chi connectivity index (χ4v) is 1.70. The first-order valence-electron chi connectivity index (χ1n) is 5.04.